The van der Waals surface area contributed by atoms with Gasteiger partial charge in [0.1, 0.15) is 11.6 Å². The summed E-state index contributed by atoms with van der Waals surface area (Å²) in [5.41, 5.74) is -0.564. The minimum atomic E-state index is -0.564. The molecule has 0 aromatic carbocycles. The number of carboxylic acid groups (broad SMARTS) is 1. The molecule has 24 heavy (non-hydrogen) atoms. The molecule has 2 unspecified atom stereocenters. The SMILES string of the molecule is CC1CC[C@@H]2CCNCC(NC(=O)OC(C)(C)C)C(=O)N12.O=CO. The lowest BCUT2D eigenvalue weighted by atomic mass is 10.1. The fraction of sp³-hybridized carbons (Fsp3) is 0.812. The molecule has 8 nitrogen and oxygen atoms in total. The van der Waals surface area contributed by atoms with E-state index in [1.54, 1.807) is 0 Å². The minimum Gasteiger partial charge on any atom is -0.483 e. The van der Waals surface area contributed by atoms with E-state index < -0.39 is 17.7 Å². The van der Waals surface area contributed by atoms with Gasteiger partial charge in [-0.15, -0.1) is 0 Å². The highest BCUT2D eigenvalue weighted by Crippen LogP contribution is 2.27. The second kappa shape index (κ2) is 8.86. The molecule has 0 aromatic heterocycles. The molecule has 2 saturated heterocycles. The van der Waals surface area contributed by atoms with Crippen LogP contribution in [-0.2, 0) is 14.3 Å². The smallest absolute Gasteiger partial charge is 0.408 e. The number of rotatable bonds is 1. The third kappa shape index (κ3) is 5.99. The fourth-order valence-corrected chi connectivity index (χ4v) is 3.10. The van der Waals surface area contributed by atoms with Gasteiger partial charge in [-0.1, -0.05) is 0 Å². The number of alkyl carbamates (subject to hydrolysis) is 1. The first-order chi connectivity index (χ1) is 11.2. The third-order valence-corrected chi connectivity index (χ3v) is 4.03. The van der Waals surface area contributed by atoms with Crippen LogP contribution >= 0.6 is 0 Å². The molecule has 2 amide bonds. The molecule has 2 heterocycles. The fourth-order valence-electron chi connectivity index (χ4n) is 3.10. The van der Waals surface area contributed by atoms with E-state index in [1.807, 2.05) is 25.7 Å². The Morgan fingerprint density at radius 1 is 1.38 bits per heavy atom. The second-order valence-corrected chi connectivity index (χ2v) is 7.12. The molecule has 0 aromatic rings. The van der Waals surface area contributed by atoms with E-state index in [1.165, 1.54) is 0 Å². The van der Waals surface area contributed by atoms with Crippen LogP contribution in [0, 0.1) is 0 Å². The van der Waals surface area contributed by atoms with E-state index >= 15 is 0 Å². The van der Waals surface area contributed by atoms with Crippen molar-refractivity contribution in [2.45, 2.75) is 70.7 Å². The summed E-state index contributed by atoms with van der Waals surface area (Å²) >= 11 is 0. The zero-order chi connectivity index (χ0) is 18.3. The molecule has 2 rings (SSSR count). The largest absolute Gasteiger partial charge is 0.483 e. The Morgan fingerprint density at radius 2 is 2.00 bits per heavy atom. The van der Waals surface area contributed by atoms with Gasteiger partial charge < -0.3 is 25.4 Å². The van der Waals surface area contributed by atoms with Crippen molar-refractivity contribution in [3.8, 4) is 0 Å². The molecule has 3 atom stereocenters. The standard InChI is InChI=1S/C15H27N3O3.CH2O2/c1-10-5-6-11-7-8-16-9-12(13(19)18(10)11)17-14(20)21-15(2,3)4;2-1-3/h10-12,16H,5-9H2,1-4H3,(H,17,20);1H,(H,2,3)/t10?,11-,12?;/m1./s1. The second-order valence-electron chi connectivity index (χ2n) is 7.12. The first kappa shape index (κ1) is 20.2. The Bertz CT molecular complexity index is 449. The number of nitrogens with zero attached hydrogens (tertiary/aromatic N) is 1. The van der Waals surface area contributed by atoms with Crippen molar-refractivity contribution in [3.05, 3.63) is 0 Å². The van der Waals surface area contributed by atoms with Crippen molar-refractivity contribution in [1.29, 1.82) is 0 Å². The Balaban J connectivity index is 0.000000891. The lowest BCUT2D eigenvalue weighted by molar-refractivity contribution is -0.136. The normalized spacial score (nSPS) is 27.1. The molecule has 8 heteroatoms. The van der Waals surface area contributed by atoms with Crippen LogP contribution in [-0.4, -0.2) is 65.3 Å². The molecule has 2 aliphatic rings. The van der Waals surface area contributed by atoms with Gasteiger partial charge in [-0.25, -0.2) is 4.79 Å². The predicted octanol–water partition coefficient (Wildman–Crippen LogP) is 0.953. The van der Waals surface area contributed by atoms with Crippen molar-refractivity contribution in [1.82, 2.24) is 15.5 Å². The van der Waals surface area contributed by atoms with E-state index in [2.05, 4.69) is 17.6 Å². The van der Waals surface area contributed by atoms with Crippen LogP contribution < -0.4 is 10.6 Å². The van der Waals surface area contributed by atoms with E-state index in [4.69, 9.17) is 14.6 Å². The first-order valence-corrected chi connectivity index (χ1v) is 8.30. The Kier molecular flexibility index (Phi) is 7.47. The quantitative estimate of drug-likeness (QED) is 0.612. The van der Waals surface area contributed by atoms with E-state index in [-0.39, 0.29) is 18.4 Å². The summed E-state index contributed by atoms with van der Waals surface area (Å²) in [4.78, 5) is 34.9. The lowest BCUT2D eigenvalue weighted by Gasteiger charge is -2.35. The van der Waals surface area contributed by atoms with Gasteiger partial charge in [-0.05, 0) is 53.5 Å². The number of carbonyl (C=O) groups excluding carboxylic acids is 2. The minimum absolute atomic E-state index is 0.00283. The number of hydrogen-bond acceptors (Lipinski definition) is 5. The van der Waals surface area contributed by atoms with Crippen molar-refractivity contribution >= 4 is 18.5 Å². The zero-order valence-electron chi connectivity index (χ0n) is 14.9. The number of amides is 2. The number of hydrogen-bond donors (Lipinski definition) is 3. The molecule has 3 N–H and O–H groups in total. The van der Waals surface area contributed by atoms with E-state index in [0.717, 1.165) is 25.8 Å². The molecule has 0 radical (unpaired) electrons. The molecule has 0 spiro atoms. The van der Waals surface area contributed by atoms with Crippen molar-refractivity contribution in [2.24, 2.45) is 0 Å². The van der Waals surface area contributed by atoms with Gasteiger partial charge in [0, 0.05) is 18.6 Å². The topological polar surface area (TPSA) is 108 Å². The van der Waals surface area contributed by atoms with Gasteiger partial charge >= 0.3 is 6.09 Å². The maximum Gasteiger partial charge on any atom is 0.408 e. The third-order valence-electron chi connectivity index (χ3n) is 4.03. The average molecular weight is 343 g/mol. The number of fused-ring (bicyclic) bond motifs is 1. The van der Waals surface area contributed by atoms with Crippen LogP contribution in [0.1, 0.15) is 47.0 Å². The van der Waals surface area contributed by atoms with Crippen LogP contribution in [0.5, 0.6) is 0 Å². The maximum absolute atomic E-state index is 12.7. The molecular weight excluding hydrogens is 314 g/mol. The summed E-state index contributed by atoms with van der Waals surface area (Å²) in [6.07, 6.45) is 2.53. The van der Waals surface area contributed by atoms with Crippen molar-refractivity contribution < 1.29 is 24.2 Å². The van der Waals surface area contributed by atoms with Gasteiger partial charge in [0.25, 0.3) is 6.47 Å². The van der Waals surface area contributed by atoms with Crippen molar-refractivity contribution in [3.63, 3.8) is 0 Å². The van der Waals surface area contributed by atoms with Gasteiger partial charge in [-0.2, -0.15) is 0 Å². The number of nitrogens with one attached hydrogen (secondary N) is 2. The summed E-state index contributed by atoms with van der Waals surface area (Å²) in [5.74, 6) is 0.00283. The predicted molar refractivity (Wildman–Crippen MR) is 88.7 cm³/mol. The Morgan fingerprint density at radius 3 is 2.58 bits per heavy atom. The average Bonchev–Trinajstić information content (AvgIpc) is 2.79. The highest BCUT2D eigenvalue weighted by atomic mass is 16.6. The van der Waals surface area contributed by atoms with E-state index in [9.17, 15) is 9.59 Å². The summed E-state index contributed by atoms with van der Waals surface area (Å²) in [6.45, 7) is 8.58. The zero-order valence-corrected chi connectivity index (χ0v) is 14.9. The summed E-state index contributed by atoms with van der Waals surface area (Å²) in [5, 5.41) is 12.8. The van der Waals surface area contributed by atoms with E-state index in [0.29, 0.717) is 12.6 Å². The van der Waals surface area contributed by atoms with Crippen LogP contribution in [0.15, 0.2) is 0 Å². The van der Waals surface area contributed by atoms with Crippen LogP contribution in [0.2, 0.25) is 0 Å². The number of carbonyl (C=O) groups is 3. The molecule has 0 aliphatic carbocycles. The van der Waals surface area contributed by atoms with Crippen LogP contribution in [0.3, 0.4) is 0 Å². The highest BCUT2D eigenvalue weighted by molar-refractivity contribution is 5.86. The highest BCUT2D eigenvalue weighted by Gasteiger charge is 2.39. The molecule has 0 saturated carbocycles. The molecule has 138 valence electrons. The monoisotopic (exact) mass is 343 g/mol. The van der Waals surface area contributed by atoms with Gasteiger partial charge in [0.2, 0.25) is 5.91 Å². The summed E-state index contributed by atoms with van der Waals surface area (Å²) in [6, 6.07) is -0.00465. The van der Waals surface area contributed by atoms with Gasteiger partial charge in [0.15, 0.2) is 0 Å². The lowest BCUT2D eigenvalue weighted by Crippen LogP contribution is -2.58. The Hall–Kier alpha value is -1.83. The molecule has 2 fully saturated rings. The summed E-state index contributed by atoms with van der Waals surface area (Å²) < 4.78 is 5.25. The van der Waals surface area contributed by atoms with Crippen LogP contribution in [0.25, 0.3) is 0 Å². The van der Waals surface area contributed by atoms with Crippen LogP contribution in [0.4, 0.5) is 4.79 Å². The van der Waals surface area contributed by atoms with Gasteiger partial charge in [0.05, 0.1) is 0 Å². The molecule has 0 bridgehead atoms. The maximum atomic E-state index is 12.7. The van der Waals surface area contributed by atoms with Crippen molar-refractivity contribution in [2.75, 3.05) is 13.1 Å². The molecular formula is C16H29N3O5. The Labute approximate surface area is 142 Å². The number of ether oxygens (including phenoxy) is 1. The van der Waals surface area contributed by atoms with Gasteiger partial charge in [-0.3, -0.25) is 9.59 Å². The summed E-state index contributed by atoms with van der Waals surface area (Å²) in [7, 11) is 0. The molecule has 2 aliphatic heterocycles. The first-order valence-electron chi connectivity index (χ1n) is 8.30.